The van der Waals surface area contributed by atoms with Gasteiger partial charge in [-0.3, -0.25) is 0 Å². The molecule has 0 N–H and O–H groups in total. The van der Waals surface area contributed by atoms with Crippen molar-refractivity contribution >= 4 is 27.6 Å². The lowest BCUT2D eigenvalue weighted by Crippen LogP contribution is -2.15. The largest absolute Gasteiger partial charge is 0.467 e. The Hall–Kier alpha value is -0.280. The van der Waals surface area contributed by atoms with E-state index in [-0.39, 0.29) is 5.25 Å². The molecule has 1 aliphatic carbocycles. The lowest BCUT2D eigenvalue weighted by atomic mass is 9.84. The lowest BCUT2D eigenvalue weighted by molar-refractivity contribution is 0.348. The third kappa shape index (κ3) is 2.89. The van der Waals surface area contributed by atoms with Crippen molar-refractivity contribution < 1.29 is 4.21 Å². The Morgan fingerprint density at radius 2 is 2.00 bits per heavy atom. The number of benzene rings is 1. The van der Waals surface area contributed by atoms with Crippen LogP contribution >= 0.6 is 15.9 Å². The van der Waals surface area contributed by atoms with Crippen molar-refractivity contribution in [2.45, 2.75) is 37.4 Å². The fraction of sp³-hybridized carbons (Fsp3) is 0.538. The van der Waals surface area contributed by atoms with Gasteiger partial charge in [-0.2, -0.15) is 0 Å². The molecular weight excluding hydrogens is 284 g/mol. The van der Waals surface area contributed by atoms with Crippen LogP contribution in [0.4, 0.5) is 0 Å². The van der Waals surface area contributed by atoms with E-state index in [0.717, 1.165) is 16.1 Å². The maximum absolute atomic E-state index is 11.3. The average Bonchev–Trinajstić information content (AvgIpc) is 2.31. The highest BCUT2D eigenvalue weighted by molar-refractivity contribution is 9.10. The molecule has 1 nitrogen and oxygen atoms in total. The minimum Gasteiger partial charge on any atom is -0.0607 e. The summed E-state index contributed by atoms with van der Waals surface area (Å²) in [6.07, 6.45) is 6.34. The molecule has 1 fully saturated rings. The molecule has 16 heavy (non-hydrogen) atoms. The molecule has 0 amide bonds. The summed E-state index contributed by atoms with van der Waals surface area (Å²) >= 11 is 4.24. The van der Waals surface area contributed by atoms with Gasteiger partial charge in [-0.05, 0) is 25.0 Å². The zero-order chi connectivity index (χ0) is 11.4. The van der Waals surface area contributed by atoms with Gasteiger partial charge < -0.3 is 0 Å². The molecule has 1 aromatic carbocycles. The van der Waals surface area contributed by atoms with Gasteiger partial charge in [0.25, 0.3) is 5.25 Å². The molecule has 0 radical (unpaired) electrons. The van der Waals surface area contributed by atoms with Crippen LogP contribution < -0.4 is 0 Å². The molecule has 1 saturated carbocycles. The molecule has 2 rings (SSSR count). The highest BCUT2D eigenvalue weighted by atomic mass is 79.9. The molecular formula is C13H16BrOS+. The Labute approximate surface area is 109 Å². The first-order chi connectivity index (χ1) is 7.81. The highest BCUT2D eigenvalue weighted by Crippen LogP contribution is 2.36. The molecule has 86 valence electrons. The molecule has 1 aliphatic rings. The minimum absolute atomic E-state index is 0.137. The molecule has 0 bridgehead atoms. The molecule has 0 heterocycles. The van der Waals surface area contributed by atoms with Crippen molar-refractivity contribution in [3.8, 4) is 0 Å². The SMILES string of the molecule is O=[S+]C(c1cccc(Br)c1)C1CCCCC1. The molecule has 1 unspecified atom stereocenters. The van der Waals surface area contributed by atoms with Gasteiger partial charge in [0.15, 0.2) is 0 Å². The van der Waals surface area contributed by atoms with Crippen LogP contribution in [0.15, 0.2) is 28.7 Å². The van der Waals surface area contributed by atoms with E-state index in [1.54, 1.807) is 0 Å². The molecule has 0 aromatic heterocycles. The molecule has 1 atom stereocenters. The summed E-state index contributed by atoms with van der Waals surface area (Å²) < 4.78 is 12.4. The van der Waals surface area contributed by atoms with Crippen LogP contribution in [-0.2, 0) is 15.9 Å². The third-order valence-electron chi connectivity index (χ3n) is 3.36. The van der Waals surface area contributed by atoms with Crippen LogP contribution in [0.2, 0.25) is 0 Å². The van der Waals surface area contributed by atoms with Crippen molar-refractivity contribution in [2.75, 3.05) is 0 Å². The standard InChI is InChI=1S/C13H16BrOS/c14-12-8-4-7-11(9-12)13(16-15)10-5-2-1-3-6-10/h4,7-10,13H,1-3,5-6H2/q+1. The first kappa shape index (κ1) is 12.2. The topological polar surface area (TPSA) is 17.1 Å². The van der Waals surface area contributed by atoms with Gasteiger partial charge in [-0.15, -0.1) is 0 Å². The third-order valence-corrected chi connectivity index (χ3v) is 4.72. The van der Waals surface area contributed by atoms with Gasteiger partial charge in [0, 0.05) is 20.2 Å². The van der Waals surface area contributed by atoms with Gasteiger partial charge in [0.2, 0.25) is 0 Å². The predicted octanol–water partition coefficient (Wildman–Crippen LogP) is 4.50. The number of hydrogen-bond donors (Lipinski definition) is 0. The Morgan fingerprint density at radius 3 is 2.62 bits per heavy atom. The smallest absolute Gasteiger partial charge is 0.0607 e. The number of hydrogen-bond acceptors (Lipinski definition) is 1. The Morgan fingerprint density at radius 1 is 1.25 bits per heavy atom. The van der Waals surface area contributed by atoms with Crippen molar-refractivity contribution in [2.24, 2.45) is 5.92 Å². The summed E-state index contributed by atoms with van der Waals surface area (Å²) in [5, 5.41) is 0.137. The van der Waals surface area contributed by atoms with Crippen molar-refractivity contribution in [1.82, 2.24) is 0 Å². The van der Waals surface area contributed by atoms with Gasteiger partial charge in [0.1, 0.15) is 0 Å². The first-order valence-corrected chi connectivity index (χ1v) is 7.45. The fourth-order valence-electron chi connectivity index (χ4n) is 2.53. The van der Waals surface area contributed by atoms with E-state index in [2.05, 4.69) is 28.1 Å². The summed E-state index contributed by atoms with van der Waals surface area (Å²) in [6, 6.07) is 8.20. The summed E-state index contributed by atoms with van der Waals surface area (Å²) in [5.41, 5.74) is 1.18. The second kappa shape index (κ2) is 5.87. The fourth-order valence-corrected chi connectivity index (χ4v) is 3.63. The van der Waals surface area contributed by atoms with Crippen LogP contribution in [0.25, 0.3) is 0 Å². The van der Waals surface area contributed by atoms with E-state index in [1.807, 2.05) is 12.1 Å². The summed E-state index contributed by atoms with van der Waals surface area (Å²) in [7, 11) is 0. The van der Waals surface area contributed by atoms with Crippen LogP contribution in [0.5, 0.6) is 0 Å². The molecule has 3 heteroatoms. The lowest BCUT2D eigenvalue weighted by Gasteiger charge is -2.20. The van der Waals surface area contributed by atoms with E-state index in [1.165, 1.54) is 37.7 Å². The van der Waals surface area contributed by atoms with E-state index >= 15 is 0 Å². The zero-order valence-corrected chi connectivity index (χ0v) is 11.6. The highest BCUT2D eigenvalue weighted by Gasteiger charge is 2.35. The molecule has 0 saturated heterocycles. The maximum atomic E-state index is 11.3. The summed E-state index contributed by atoms with van der Waals surface area (Å²) in [6.45, 7) is 0. The minimum atomic E-state index is 0.137. The number of halogens is 1. The van der Waals surface area contributed by atoms with Gasteiger partial charge in [0.05, 0.1) is 0 Å². The van der Waals surface area contributed by atoms with Crippen molar-refractivity contribution in [3.63, 3.8) is 0 Å². The van der Waals surface area contributed by atoms with Gasteiger partial charge >= 0.3 is 11.7 Å². The van der Waals surface area contributed by atoms with E-state index in [0.29, 0.717) is 5.92 Å². The second-order valence-electron chi connectivity index (χ2n) is 4.47. The van der Waals surface area contributed by atoms with E-state index < -0.39 is 0 Å². The molecule has 0 spiro atoms. The number of rotatable bonds is 3. The van der Waals surface area contributed by atoms with E-state index in [9.17, 15) is 4.21 Å². The average molecular weight is 300 g/mol. The first-order valence-electron chi connectivity index (χ1n) is 5.85. The summed E-state index contributed by atoms with van der Waals surface area (Å²) in [4.78, 5) is 0. The van der Waals surface area contributed by atoms with E-state index in [4.69, 9.17) is 0 Å². The van der Waals surface area contributed by atoms with Crippen molar-refractivity contribution in [1.29, 1.82) is 0 Å². The van der Waals surface area contributed by atoms with Crippen molar-refractivity contribution in [3.05, 3.63) is 34.3 Å². The van der Waals surface area contributed by atoms with Gasteiger partial charge in [-0.25, -0.2) is 0 Å². The van der Waals surface area contributed by atoms with Crippen LogP contribution in [0.1, 0.15) is 42.9 Å². The maximum Gasteiger partial charge on any atom is 0.467 e. The summed E-state index contributed by atoms with van der Waals surface area (Å²) in [5.74, 6) is 0.575. The molecule has 0 aliphatic heterocycles. The Kier molecular flexibility index (Phi) is 4.47. The second-order valence-corrected chi connectivity index (χ2v) is 6.09. The van der Waals surface area contributed by atoms with Crippen LogP contribution in [0.3, 0.4) is 0 Å². The Bertz CT molecular complexity index is 361. The molecule has 1 aromatic rings. The van der Waals surface area contributed by atoms with Gasteiger partial charge in [-0.1, -0.05) is 47.3 Å². The predicted molar refractivity (Wildman–Crippen MR) is 71.5 cm³/mol. The zero-order valence-electron chi connectivity index (χ0n) is 9.19. The quantitative estimate of drug-likeness (QED) is 0.751. The van der Waals surface area contributed by atoms with Crippen LogP contribution in [0, 0.1) is 5.92 Å². The normalized spacial score (nSPS) is 19.3. The monoisotopic (exact) mass is 299 g/mol. The van der Waals surface area contributed by atoms with Crippen LogP contribution in [-0.4, -0.2) is 0 Å². The Balaban J connectivity index is 2.17.